The first-order valence-corrected chi connectivity index (χ1v) is 9.37. The molecule has 3 aromatic rings. The Labute approximate surface area is 173 Å². The van der Waals surface area contributed by atoms with Crippen molar-refractivity contribution in [3.8, 4) is 5.75 Å². The van der Waals surface area contributed by atoms with Crippen LogP contribution in [0.3, 0.4) is 0 Å². The van der Waals surface area contributed by atoms with Gasteiger partial charge >= 0.3 is 0 Å². The van der Waals surface area contributed by atoms with Crippen LogP contribution < -0.4 is 4.74 Å². The molecule has 1 saturated heterocycles. The van der Waals surface area contributed by atoms with Crippen molar-refractivity contribution >= 4 is 17.4 Å². The molecular formula is C23H20N2O5. The van der Waals surface area contributed by atoms with Crippen LogP contribution in [-0.2, 0) is 16.1 Å². The normalized spacial score (nSPS) is 18.1. The molecule has 1 atom stereocenters. The zero-order chi connectivity index (χ0) is 21.3. The quantitative estimate of drug-likeness (QED) is 0.397. The minimum Gasteiger partial charge on any atom is -0.507 e. The number of carbonyl (C=O) groups is 2. The molecule has 1 aromatic carbocycles. The van der Waals surface area contributed by atoms with Gasteiger partial charge in [0.2, 0.25) is 0 Å². The summed E-state index contributed by atoms with van der Waals surface area (Å²) in [5, 5.41) is 10.9. The lowest BCUT2D eigenvalue weighted by Gasteiger charge is -2.23. The first-order valence-electron chi connectivity index (χ1n) is 9.37. The highest BCUT2D eigenvalue weighted by atomic mass is 16.5. The maximum Gasteiger partial charge on any atom is 0.296 e. The molecule has 1 aliphatic rings. The Morgan fingerprint density at radius 3 is 2.60 bits per heavy atom. The monoisotopic (exact) mass is 404 g/mol. The van der Waals surface area contributed by atoms with Crippen LogP contribution in [0, 0.1) is 6.92 Å². The van der Waals surface area contributed by atoms with E-state index in [2.05, 4.69) is 4.98 Å². The Morgan fingerprint density at radius 2 is 1.93 bits per heavy atom. The van der Waals surface area contributed by atoms with E-state index in [0.29, 0.717) is 22.8 Å². The van der Waals surface area contributed by atoms with Gasteiger partial charge in [0, 0.05) is 24.5 Å². The summed E-state index contributed by atoms with van der Waals surface area (Å²) in [7, 11) is 1.56. The molecule has 4 rings (SSSR count). The second-order valence-electron chi connectivity index (χ2n) is 6.96. The number of pyridine rings is 1. The highest BCUT2D eigenvalue weighted by Crippen LogP contribution is 2.40. The second-order valence-corrected chi connectivity index (χ2v) is 6.96. The fraction of sp³-hybridized carbons (Fsp3) is 0.174. The summed E-state index contributed by atoms with van der Waals surface area (Å²) < 4.78 is 11.0. The summed E-state index contributed by atoms with van der Waals surface area (Å²) in [6.45, 7) is 1.93. The van der Waals surface area contributed by atoms with Gasteiger partial charge in [-0.15, -0.1) is 0 Å². The highest BCUT2D eigenvalue weighted by molar-refractivity contribution is 6.46. The molecule has 0 spiro atoms. The zero-order valence-corrected chi connectivity index (χ0v) is 16.5. The van der Waals surface area contributed by atoms with E-state index in [0.717, 1.165) is 5.56 Å². The summed E-state index contributed by atoms with van der Waals surface area (Å²) in [5.74, 6) is -0.0287. The molecule has 1 aliphatic heterocycles. The highest BCUT2D eigenvalue weighted by Gasteiger charge is 2.47. The Balaban J connectivity index is 1.83. The molecule has 1 amide bonds. The van der Waals surface area contributed by atoms with Gasteiger partial charge < -0.3 is 19.2 Å². The summed E-state index contributed by atoms with van der Waals surface area (Å²) in [6.07, 6.45) is 3.01. The topological polar surface area (TPSA) is 92.9 Å². The Hall–Kier alpha value is -3.87. The van der Waals surface area contributed by atoms with E-state index in [-0.39, 0.29) is 17.9 Å². The molecule has 0 saturated carbocycles. The van der Waals surface area contributed by atoms with Crippen molar-refractivity contribution in [2.45, 2.75) is 19.5 Å². The third kappa shape index (κ3) is 3.45. The van der Waals surface area contributed by atoms with Crippen molar-refractivity contribution in [1.29, 1.82) is 0 Å². The lowest BCUT2D eigenvalue weighted by Crippen LogP contribution is -2.29. The van der Waals surface area contributed by atoms with Gasteiger partial charge in [0.05, 0.1) is 12.7 Å². The van der Waals surface area contributed by atoms with Crippen molar-refractivity contribution in [2.24, 2.45) is 0 Å². The van der Waals surface area contributed by atoms with Gasteiger partial charge in [-0.05, 0) is 48.9 Å². The van der Waals surface area contributed by atoms with Gasteiger partial charge in [0.1, 0.15) is 29.1 Å². The molecule has 0 aliphatic carbocycles. The third-order valence-corrected chi connectivity index (χ3v) is 5.01. The van der Waals surface area contributed by atoms with Crippen molar-refractivity contribution in [1.82, 2.24) is 9.88 Å². The predicted molar refractivity (Wildman–Crippen MR) is 109 cm³/mol. The standard InChI is InChI=1S/C23H20N2O5/c1-14-6-7-18(30-14)20-19(21(26)16-8-10-24-11-9-16)22(27)23(28)25(20)13-15-4-3-5-17(12-15)29-2/h3-12,20,26H,13H2,1-2H3/b21-19-. The number of nitrogens with zero attached hydrogens (tertiary/aromatic N) is 2. The number of hydrogen-bond donors (Lipinski definition) is 1. The maximum atomic E-state index is 12.9. The lowest BCUT2D eigenvalue weighted by atomic mass is 9.99. The van der Waals surface area contributed by atoms with Gasteiger partial charge in [-0.3, -0.25) is 14.6 Å². The number of amides is 1. The van der Waals surface area contributed by atoms with Crippen LogP contribution in [-0.4, -0.2) is 33.8 Å². The first-order chi connectivity index (χ1) is 14.5. The number of ketones is 1. The molecule has 0 radical (unpaired) electrons. The molecule has 152 valence electrons. The van der Waals surface area contributed by atoms with E-state index in [1.165, 1.54) is 17.3 Å². The van der Waals surface area contributed by atoms with E-state index >= 15 is 0 Å². The SMILES string of the molecule is COc1cccc(CN2C(=O)C(=O)/C(=C(\O)c3ccncc3)C2c2ccc(C)o2)c1. The largest absolute Gasteiger partial charge is 0.507 e. The van der Waals surface area contributed by atoms with Gasteiger partial charge in [0.15, 0.2) is 0 Å². The van der Waals surface area contributed by atoms with Gasteiger partial charge in [-0.25, -0.2) is 0 Å². The zero-order valence-electron chi connectivity index (χ0n) is 16.5. The van der Waals surface area contributed by atoms with E-state index < -0.39 is 17.7 Å². The van der Waals surface area contributed by atoms with E-state index in [1.54, 1.807) is 50.4 Å². The second kappa shape index (κ2) is 7.87. The van der Waals surface area contributed by atoms with E-state index in [4.69, 9.17) is 9.15 Å². The van der Waals surface area contributed by atoms with Crippen LogP contribution in [0.5, 0.6) is 5.75 Å². The third-order valence-electron chi connectivity index (χ3n) is 5.01. The molecule has 1 fully saturated rings. The van der Waals surface area contributed by atoms with E-state index in [9.17, 15) is 14.7 Å². The number of aliphatic hydroxyl groups excluding tert-OH is 1. The Kier molecular flexibility index (Phi) is 5.10. The molecular weight excluding hydrogens is 384 g/mol. The number of furan rings is 1. The number of rotatable bonds is 5. The minimum absolute atomic E-state index is 0.0107. The van der Waals surface area contributed by atoms with Crippen LogP contribution in [0.25, 0.3) is 5.76 Å². The van der Waals surface area contributed by atoms with Gasteiger partial charge in [-0.2, -0.15) is 0 Å². The Bertz CT molecular complexity index is 1130. The number of Topliss-reactive ketones (excluding diaryl/α,β-unsaturated/α-hetero) is 1. The molecule has 2 aromatic heterocycles. The number of hydrogen-bond acceptors (Lipinski definition) is 6. The first kappa shape index (κ1) is 19.4. The Morgan fingerprint density at radius 1 is 1.17 bits per heavy atom. The molecule has 1 unspecified atom stereocenters. The van der Waals surface area contributed by atoms with Crippen LogP contribution in [0.15, 0.2) is 70.9 Å². The molecule has 7 nitrogen and oxygen atoms in total. The van der Waals surface area contributed by atoms with Gasteiger partial charge in [-0.1, -0.05) is 12.1 Å². The summed E-state index contributed by atoms with van der Waals surface area (Å²) in [4.78, 5) is 31.2. The summed E-state index contributed by atoms with van der Waals surface area (Å²) >= 11 is 0. The van der Waals surface area contributed by atoms with Crippen LogP contribution in [0.2, 0.25) is 0 Å². The number of aliphatic hydroxyl groups is 1. The van der Waals surface area contributed by atoms with Crippen molar-refractivity contribution in [2.75, 3.05) is 7.11 Å². The van der Waals surface area contributed by atoms with Gasteiger partial charge in [0.25, 0.3) is 11.7 Å². The van der Waals surface area contributed by atoms with Crippen LogP contribution in [0.4, 0.5) is 0 Å². The average molecular weight is 404 g/mol. The number of benzene rings is 1. The number of methoxy groups -OCH3 is 1. The van der Waals surface area contributed by atoms with Crippen molar-refractivity contribution in [3.63, 3.8) is 0 Å². The number of aromatic nitrogens is 1. The molecule has 3 heterocycles. The summed E-state index contributed by atoms with van der Waals surface area (Å²) in [6, 6.07) is 13.0. The fourth-order valence-electron chi connectivity index (χ4n) is 3.57. The van der Waals surface area contributed by atoms with Crippen molar-refractivity contribution in [3.05, 3.63) is 89.1 Å². The molecule has 30 heavy (non-hydrogen) atoms. The molecule has 1 N–H and O–H groups in total. The number of carbonyl (C=O) groups excluding carboxylic acids is 2. The number of aryl methyl sites for hydroxylation is 1. The number of likely N-dealkylation sites (tertiary alicyclic amines) is 1. The lowest BCUT2D eigenvalue weighted by molar-refractivity contribution is -0.140. The molecule has 0 bridgehead atoms. The number of ether oxygens (including phenoxy) is 1. The molecule has 7 heteroatoms. The maximum absolute atomic E-state index is 12.9. The van der Waals surface area contributed by atoms with Crippen molar-refractivity contribution < 1.29 is 23.8 Å². The smallest absolute Gasteiger partial charge is 0.296 e. The summed E-state index contributed by atoms with van der Waals surface area (Å²) in [5.41, 5.74) is 1.18. The van der Waals surface area contributed by atoms with Crippen LogP contribution >= 0.6 is 0 Å². The fourth-order valence-corrected chi connectivity index (χ4v) is 3.57. The van der Waals surface area contributed by atoms with Crippen LogP contribution in [0.1, 0.15) is 28.7 Å². The van der Waals surface area contributed by atoms with E-state index in [1.807, 2.05) is 12.1 Å². The minimum atomic E-state index is -0.849. The predicted octanol–water partition coefficient (Wildman–Crippen LogP) is 3.61. The average Bonchev–Trinajstić information content (AvgIpc) is 3.30.